The summed E-state index contributed by atoms with van der Waals surface area (Å²) in [6, 6.07) is 8.26. The lowest BCUT2D eigenvalue weighted by molar-refractivity contribution is -0.138. The van der Waals surface area contributed by atoms with Gasteiger partial charge in [0, 0.05) is 30.2 Å². The van der Waals surface area contributed by atoms with Gasteiger partial charge in [-0.2, -0.15) is 5.26 Å². The molecule has 2 N–H and O–H groups in total. The number of nitriles is 1. The largest absolute Gasteiger partial charge is 0.496 e. The second-order valence-electron chi connectivity index (χ2n) is 7.02. The maximum absolute atomic E-state index is 14.0. The first-order valence-electron chi connectivity index (χ1n) is 9.40. The van der Waals surface area contributed by atoms with Crippen molar-refractivity contribution in [2.45, 2.75) is 6.42 Å². The number of H-pyrrole nitrogens is 1. The predicted molar refractivity (Wildman–Crippen MR) is 109 cm³/mol. The van der Waals surface area contributed by atoms with Crippen molar-refractivity contribution in [1.29, 1.82) is 5.26 Å². The average Bonchev–Trinajstić information content (AvgIpc) is 3.12. The van der Waals surface area contributed by atoms with Gasteiger partial charge < -0.3 is 14.8 Å². The van der Waals surface area contributed by atoms with Gasteiger partial charge in [0.2, 0.25) is 0 Å². The molecule has 0 spiro atoms. The summed E-state index contributed by atoms with van der Waals surface area (Å²) >= 11 is 0. The average molecular weight is 406 g/mol. The monoisotopic (exact) mass is 406 g/mol. The Morgan fingerprint density at radius 3 is 2.90 bits per heavy atom. The predicted octanol–water partition coefficient (Wildman–Crippen LogP) is 3.42. The molecule has 0 saturated carbocycles. The Labute approximate surface area is 172 Å². The van der Waals surface area contributed by atoms with Crippen LogP contribution in [0, 0.1) is 17.1 Å². The van der Waals surface area contributed by atoms with Crippen molar-refractivity contribution in [2.75, 3.05) is 26.7 Å². The number of nitrogens with one attached hydrogen (secondary N) is 1. The van der Waals surface area contributed by atoms with Gasteiger partial charge in [-0.05, 0) is 41.8 Å². The number of halogens is 1. The Morgan fingerprint density at radius 2 is 2.23 bits per heavy atom. The highest BCUT2D eigenvalue weighted by atomic mass is 19.1. The molecular formula is C22H19FN4O3. The highest BCUT2D eigenvalue weighted by molar-refractivity contribution is 6.01. The molecule has 2 aromatic heterocycles. The van der Waals surface area contributed by atoms with Crippen LogP contribution >= 0.6 is 0 Å². The van der Waals surface area contributed by atoms with E-state index in [0.717, 1.165) is 5.57 Å². The SMILES string of the molecule is COc1ccc(F)cc1-c1ccnc2[nH]c(C3=CCN(CC(=O)O)CC3)c(C#N)c12. The number of carbonyl (C=O) groups is 1. The number of aromatic amines is 1. The van der Waals surface area contributed by atoms with Crippen LogP contribution in [0.4, 0.5) is 4.39 Å². The summed E-state index contributed by atoms with van der Waals surface area (Å²) in [5.74, 6) is -0.775. The Kier molecular flexibility index (Phi) is 5.21. The van der Waals surface area contributed by atoms with Gasteiger partial charge in [-0.3, -0.25) is 9.69 Å². The molecule has 3 aromatic rings. The van der Waals surface area contributed by atoms with Crippen molar-refractivity contribution in [2.24, 2.45) is 0 Å². The fraction of sp³-hybridized carbons (Fsp3) is 0.227. The number of benzene rings is 1. The van der Waals surface area contributed by atoms with E-state index in [1.54, 1.807) is 18.3 Å². The third-order valence-electron chi connectivity index (χ3n) is 5.23. The highest BCUT2D eigenvalue weighted by Gasteiger charge is 2.23. The summed E-state index contributed by atoms with van der Waals surface area (Å²) in [5, 5.41) is 19.5. The maximum atomic E-state index is 14.0. The number of fused-ring (bicyclic) bond motifs is 1. The quantitative estimate of drug-likeness (QED) is 0.673. The van der Waals surface area contributed by atoms with Crippen LogP contribution in [-0.2, 0) is 4.79 Å². The molecule has 3 heterocycles. The summed E-state index contributed by atoms with van der Waals surface area (Å²) in [6.07, 6.45) is 4.14. The topological polar surface area (TPSA) is 102 Å². The lowest BCUT2D eigenvalue weighted by atomic mass is 9.96. The number of ether oxygens (including phenoxy) is 1. The molecule has 0 saturated heterocycles. The van der Waals surface area contributed by atoms with Gasteiger partial charge in [0.15, 0.2) is 0 Å². The summed E-state index contributed by atoms with van der Waals surface area (Å²) in [6.45, 7) is 1.04. The van der Waals surface area contributed by atoms with E-state index < -0.39 is 11.8 Å². The van der Waals surface area contributed by atoms with Gasteiger partial charge in [0.1, 0.15) is 23.3 Å². The molecule has 0 unspecified atom stereocenters. The van der Waals surface area contributed by atoms with Gasteiger partial charge in [-0.25, -0.2) is 9.37 Å². The molecule has 8 heteroatoms. The van der Waals surface area contributed by atoms with E-state index in [-0.39, 0.29) is 6.54 Å². The summed E-state index contributed by atoms with van der Waals surface area (Å²) in [5.41, 5.74) is 3.74. The minimum absolute atomic E-state index is 0.0212. The lowest BCUT2D eigenvalue weighted by Crippen LogP contribution is -2.33. The zero-order chi connectivity index (χ0) is 21.3. The van der Waals surface area contributed by atoms with Crippen molar-refractivity contribution in [3.05, 3.63) is 53.6 Å². The fourth-order valence-corrected chi connectivity index (χ4v) is 3.86. The first-order valence-corrected chi connectivity index (χ1v) is 9.40. The molecule has 0 bridgehead atoms. The van der Waals surface area contributed by atoms with E-state index in [4.69, 9.17) is 9.84 Å². The van der Waals surface area contributed by atoms with E-state index in [1.165, 1.54) is 19.2 Å². The molecule has 1 aromatic carbocycles. The Bertz CT molecular complexity index is 1210. The Balaban J connectivity index is 1.84. The summed E-state index contributed by atoms with van der Waals surface area (Å²) < 4.78 is 19.4. The summed E-state index contributed by atoms with van der Waals surface area (Å²) in [4.78, 5) is 20.3. The van der Waals surface area contributed by atoms with Crippen LogP contribution in [0.25, 0.3) is 27.7 Å². The number of pyridine rings is 1. The van der Waals surface area contributed by atoms with E-state index >= 15 is 0 Å². The van der Waals surface area contributed by atoms with Gasteiger partial charge in [-0.15, -0.1) is 0 Å². The molecule has 0 amide bonds. The third-order valence-corrected chi connectivity index (χ3v) is 5.23. The number of methoxy groups -OCH3 is 1. The number of aromatic nitrogens is 2. The first kappa shape index (κ1) is 19.6. The highest BCUT2D eigenvalue weighted by Crippen LogP contribution is 2.39. The van der Waals surface area contributed by atoms with Crippen molar-refractivity contribution >= 4 is 22.6 Å². The van der Waals surface area contributed by atoms with E-state index in [2.05, 4.69) is 16.0 Å². The van der Waals surface area contributed by atoms with Gasteiger partial charge in [0.25, 0.3) is 0 Å². The molecule has 0 aliphatic carbocycles. The fourth-order valence-electron chi connectivity index (χ4n) is 3.86. The van der Waals surface area contributed by atoms with Crippen LogP contribution in [0.3, 0.4) is 0 Å². The second kappa shape index (κ2) is 7.97. The smallest absolute Gasteiger partial charge is 0.317 e. The first-order chi connectivity index (χ1) is 14.5. The molecule has 7 nitrogen and oxygen atoms in total. The number of hydrogen-bond acceptors (Lipinski definition) is 5. The third kappa shape index (κ3) is 3.51. The van der Waals surface area contributed by atoms with Crippen molar-refractivity contribution in [3.63, 3.8) is 0 Å². The molecule has 1 aliphatic rings. The van der Waals surface area contributed by atoms with Crippen LogP contribution in [0.15, 0.2) is 36.5 Å². The van der Waals surface area contributed by atoms with E-state index in [1.807, 2.05) is 11.0 Å². The molecule has 0 radical (unpaired) electrons. The Morgan fingerprint density at radius 1 is 1.40 bits per heavy atom. The standard InChI is InChI=1S/C22H19FN4O3/c1-30-18-3-2-14(23)10-16(18)15-4-7-25-22-20(15)17(11-24)21(26-22)13-5-8-27(9-6-13)12-19(28)29/h2-5,7,10H,6,8-9,12H2,1H3,(H,25,26)(H,28,29). The minimum Gasteiger partial charge on any atom is -0.496 e. The lowest BCUT2D eigenvalue weighted by Gasteiger charge is -2.24. The number of carboxylic acids is 1. The van der Waals surface area contributed by atoms with Crippen LogP contribution in [-0.4, -0.2) is 52.7 Å². The van der Waals surface area contributed by atoms with Crippen LogP contribution in [0.5, 0.6) is 5.75 Å². The number of rotatable bonds is 5. The number of aliphatic carboxylic acids is 1. The van der Waals surface area contributed by atoms with Gasteiger partial charge in [-0.1, -0.05) is 6.08 Å². The summed E-state index contributed by atoms with van der Waals surface area (Å²) in [7, 11) is 1.51. The van der Waals surface area contributed by atoms with Crippen LogP contribution < -0.4 is 4.74 Å². The zero-order valence-corrected chi connectivity index (χ0v) is 16.3. The number of hydrogen-bond donors (Lipinski definition) is 2. The molecular weight excluding hydrogens is 387 g/mol. The Hall–Kier alpha value is -3.70. The van der Waals surface area contributed by atoms with E-state index in [0.29, 0.717) is 58.7 Å². The van der Waals surface area contributed by atoms with Gasteiger partial charge >= 0.3 is 5.97 Å². The molecule has 1 aliphatic heterocycles. The van der Waals surface area contributed by atoms with Crippen LogP contribution in [0.2, 0.25) is 0 Å². The number of nitrogens with zero attached hydrogens (tertiary/aromatic N) is 3. The molecule has 0 atom stereocenters. The second-order valence-corrected chi connectivity index (χ2v) is 7.02. The van der Waals surface area contributed by atoms with Crippen molar-refractivity contribution < 1.29 is 19.0 Å². The molecule has 30 heavy (non-hydrogen) atoms. The molecule has 152 valence electrons. The van der Waals surface area contributed by atoms with E-state index in [9.17, 15) is 14.4 Å². The van der Waals surface area contributed by atoms with Crippen LogP contribution in [0.1, 0.15) is 17.7 Å². The van der Waals surface area contributed by atoms with Gasteiger partial charge in [0.05, 0.1) is 24.9 Å². The maximum Gasteiger partial charge on any atom is 0.317 e. The number of carboxylic acid groups (broad SMARTS) is 1. The van der Waals surface area contributed by atoms with Crippen molar-refractivity contribution in [1.82, 2.24) is 14.9 Å². The molecule has 4 rings (SSSR count). The molecule has 0 fully saturated rings. The minimum atomic E-state index is -0.868. The van der Waals surface area contributed by atoms with Crippen molar-refractivity contribution in [3.8, 4) is 22.9 Å². The zero-order valence-electron chi connectivity index (χ0n) is 16.3. The normalized spacial score (nSPS) is 14.4.